The first-order valence-corrected chi connectivity index (χ1v) is 9.67. The van der Waals surface area contributed by atoms with Crippen molar-refractivity contribution in [3.05, 3.63) is 74.8 Å². The average molecular weight is 461 g/mol. The van der Waals surface area contributed by atoms with Crippen LogP contribution in [0.1, 0.15) is 47.8 Å². The maximum absolute atomic E-state index is 13.7. The molecule has 0 radical (unpaired) electrons. The molecule has 0 aromatic heterocycles. The Labute approximate surface area is 183 Å². The van der Waals surface area contributed by atoms with E-state index in [9.17, 15) is 23.1 Å². The van der Waals surface area contributed by atoms with Crippen LogP contribution in [0.2, 0.25) is 10.0 Å². The molecular formula is C22H21Cl2F3O3. The summed E-state index contributed by atoms with van der Waals surface area (Å²) in [5, 5.41) is 10.4. The van der Waals surface area contributed by atoms with Gasteiger partial charge in [-0.05, 0) is 74.7 Å². The average Bonchev–Trinajstić information content (AvgIpc) is 2.56. The van der Waals surface area contributed by atoms with Crippen LogP contribution in [0.3, 0.4) is 0 Å². The minimum absolute atomic E-state index is 0.0360. The smallest absolute Gasteiger partial charge is 0.425 e. The Balaban J connectivity index is 2.41. The van der Waals surface area contributed by atoms with Crippen LogP contribution in [-0.4, -0.2) is 22.9 Å². The van der Waals surface area contributed by atoms with Gasteiger partial charge in [0.15, 0.2) is 0 Å². The number of aryl methyl sites for hydroxylation is 1. The van der Waals surface area contributed by atoms with Crippen molar-refractivity contribution in [2.45, 2.75) is 45.1 Å². The molecule has 2 aromatic carbocycles. The van der Waals surface area contributed by atoms with Crippen molar-refractivity contribution in [3.63, 3.8) is 0 Å². The van der Waals surface area contributed by atoms with E-state index in [2.05, 4.69) is 0 Å². The first kappa shape index (κ1) is 24.3. The highest BCUT2D eigenvalue weighted by Gasteiger charge is 2.53. The lowest BCUT2D eigenvalue weighted by atomic mass is 9.91. The van der Waals surface area contributed by atoms with Gasteiger partial charge in [-0.2, -0.15) is 13.2 Å². The zero-order valence-corrected chi connectivity index (χ0v) is 18.3. The van der Waals surface area contributed by atoms with Crippen molar-refractivity contribution in [1.82, 2.24) is 0 Å². The molecule has 3 nitrogen and oxygen atoms in total. The first-order valence-electron chi connectivity index (χ1n) is 8.91. The normalized spacial score (nSPS) is 14.6. The van der Waals surface area contributed by atoms with Crippen molar-refractivity contribution in [1.29, 1.82) is 0 Å². The fourth-order valence-corrected chi connectivity index (χ4v) is 3.22. The summed E-state index contributed by atoms with van der Waals surface area (Å²) in [6.07, 6.45) is -3.28. The summed E-state index contributed by atoms with van der Waals surface area (Å²) >= 11 is 11.6. The molecule has 0 saturated heterocycles. The number of halogens is 5. The maximum Gasteiger partial charge on any atom is 0.425 e. The third-order valence-electron chi connectivity index (χ3n) is 4.12. The topological polar surface area (TPSA) is 46.5 Å². The van der Waals surface area contributed by atoms with E-state index in [1.54, 1.807) is 27.7 Å². The minimum atomic E-state index is -5.02. The molecule has 0 unspecified atom stereocenters. The Hall–Kier alpha value is -2.02. The molecule has 0 aliphatic heterocycles. The van der Waals surface area contributed by atoms with Gasteiger partial charge >= 0.3 is 12.1 Å². The van der Waals surface area contributed by atoms with Gasteiger partial charge in [-0.25, -0.2) is 4.79 Å². The Kier molecular flexibility index (Phi) is 6.96. The zero-order valence-electron chi connectivity index (χ0n) is 16.8. The fraction of sp³-hybridized carbons (Fsp3) is 0.318. The monoisotopic (exact) mass is 460 g/mol. The van der Waals surface area contributed by atoms with Crippen molar-refractivity contribution in [2.75, 3.05) is 0 Å². The van der Waals surface area contributed by atoms with E-state index in [0.717, 1.165) is 18.2 Å². The third-order valence-corrected chi connectivity index (χ3v) is 4.56. The van der Waals surface area contributed by atoms with E-state index in [4.69, 9.17) is 27.9 Å². The van der Waals surface area contributed by atoms with Crippen LogP contribution in [0.5, 0.6) is 0 Å². The number of carbonyl (C=O) groups is 1. The van der Waals surface area contributed by atoms with Crippen molar-refractivity contribution in [2.24, 2.45) is 0 Å². The molecule has 0 aliphatic carbocycles. The number of ether oxygens (including phenoxy) is 1. The molecular weight excluding hydrogens is 440 g/mol. The molecule has 2 aromatic rings. The van der Waals surface area contributed by atoms with Crippen LogP contribution >= 0.6 is 23.2 Å². The molecule has 0 saturated carbocycles. The number of rotatable bonds is 4. The standard InChI is InChI=1S/C22H21Cl2F3O3/c1-13-9-14(5-6-18(13)19(28)30-20(2,3)4)7-8-21(29,22(25,26)27)15-10-16(23)12-17(24)11-15/h5-12,29H,1-4H3/b8-7+/t21-/m0/s1. The highest BCUT2D eigenvalue weighted by atomic mass is 35.5. The summed E-state index contributed by atoms with van der Waals surface area (Å²) in [6, 6.07) is 7.73. The molecule has 162 valence electrons. The number of benzene rings is 2. The van der Waals surface area contributed by atoms with Gasteiger partial charge in [-0.3, -0.25) is 0 Å². The summed E-state index contributed by atoms with van der Waals surface area (Å²) < 4.78 is 46.5. The van der Waals surface area contributed by atoms with E-state index in [0.29, 0.717) is 22.8 Å². The van der Waals surface area contributed by atoms with Crippen LogP contribution in [0.15, 0.2) is 42.5 Å². The molecule has 0 heterocycles. The van der Waals surface area contributed by atoms with Crippen LogP contribution in [0.4, 0.5) is 13.2 Å². The summed E-state index contributed by atoms with van der Waals surface area (Å²) in [6.45, 7) is 6.84. The van der Waals surface area contributed by atoms with E-state index in [-0.39, 0.29) is 10.0 Å². The lowest BCUT2D eigenvalue weighted by molar-refractivity contribution is -0.244. The Morgan fingerprint density at radius 3 is 2.07 bits per heavy atom. The Morgan fingerprint density at radius 2 is 1.60 bits per heavy atom. The van der Waals surface area contributed by atoms with Crippen molar-refractivity contribution < 1.29 is 27.8 Å². The second-order valence-corrected chi connectivity index (χ2v) is 8.70. The second kappa shape index (κ2) is 8.61. The fourth-order valence-electron chi connectivity index (χ4n) is 2.70. The first-order chi connectivity index (χ1) is 13.6. The summed E-state index contributed by atoms with van der Waals surface area (Å²) in [5.74, 6) is -0.532. The lowest BCUT2D eigenvalue weighted by Crippen LogP contribution is -2.40. The molecule has 0 bridgehead atoms. The summed E-state index contributed by atoms with van der Waals surface area (Å²) in [7, 11) is 0. The number of aliphatic hydroxyl groups is 1. The van der Waals surface area contributed by atoms with Crippen LogP contribution in [-0.2, 0) is 10.3 Å². The lowest BCUT2D eigenvalue weighted by Gasteiger charge is -2.28. The van der Waals surface area contributed by atoms with Gasteiger partial charge in [0.1, 0.15) is 5.60 Å². The molecule has 0 aliphatic rings. The van der Waals surface area contributed by atoms with E-state index < -0.39 is 28.9 Å². The molecule has 30 heavy (non-hydrogen) atoms. The molecule has 1 N–H and O–H groups in total. The van der Waals surface area contributed by atoms with Crippen LogP contribution in [0, 0.1) is 6.92 Å². The highest BCUT2D eigenvalue weighted by molar-refractivity contribution is 6.34. The predicted octanol–water partition coefficient (Wildman–Crippen LogP) is 6.72. The van der Waals surface area contributed by atoms with Crippen molar-refractivity contribution >= 4 is 35.2 Å². The molecule has 0 amide bonds. The molecule has 1 atom stereocenters. The summed E-state index contributed by atoms with van der Waals surface area (Å²) in [4.78, 5) is 12.2. The van der Waals surface area contributed by atoms with Gasteiger partial charge in [0.2, 0.25) is 5.60 Å². The van der Waals surface area contributed by atoms with Gasteiger partial charge < -0.3 is 9.84 Å². The SMILES string of the molecule is Cc1cc(/C=C/[C@](O)(c2cc(Cl)cc(Cl)c2)C(F)(F)F)ccc1C(=O)OC(C)(C)C. The second-order valence-electron chi connectivity index (χ2n) is 7.83. The molecule has 0 fully saturated rings. The Morgan fingerprint density at radius 1 is 1.03 bits per heavy atom. The van der Waals surface area contributed by atoms with Gasteiger partial charge in [0.25, 0.3) is 0 Å². The minimum Gasteiger partial charge on any atom is -0.456 e. The number of hydrogen-bond acceptors (Lipinski definition) is 3. The van der Waals surface area contributed by atoms with E-state index in [1.807, 2.05) is 0 Å². The quantitative estimate of drug-likeness (QED) is 0.515. The largest absolute Gasteiger partial charge is 0.456 e. The Bertz CT molecular complexity index is 958. The van der Waals surface area contributed by atoms with Gasteiger partial charge in [-0.1, -0.05) is 41.4 Å². The van der Waals surface area contributed by atoms with Gasteiger partial charge in [0, 0.05) is 10.0 Å². The summed E-state index contributed by atoms with van der Waals surface area (Å²) in [5.41, 5.74) is -3.31. The van der Waals surface area contributed by atoms with Gasteiger partial charge in [-0.15, -0.1) is 0 Å². The molecule has 8 heteroatoms. The van der Waals surface area contributed by atoms with Crippen LogP contribution in [0.25, 0.3) is 6.08 Å². The predicted molar refractivity (Wildman–Crippen MR) is 112 cm³/mol. The van der Waals surface area contributed by atoms with Gasteiger partial charge in [0.05, 0.1) is 5.56 Å². The number of hydrogen-bond donors (Lipinski definition) is 1. The number of carbonyl (C=O) groups excluding carboxylic acids is 1. The van der Waals surface area contributed by atoms with E-state index >= 15 is 0 Å². The highest BCUT2D eigenvalue weighted by Crippen LogP contribution is 2.42. The third kappa shape index (κ3) is 5.78. The van der Waals surface area contributed by atoms with E-state index in [1.165, 1.54) is 24.3 Å². The maximum atomic E-state index is 13.7. The van der Waals surface area contributed by atoms with Crippen molar-refractivity contribution in [3.8, 4) is 0 Å². The number of esters is 1. The number of alkyl halides is 3. The molecule has 0 spiro atoms. The van der Waals surface area contributed by atoms with Crippen LogP contribution < -0.4 is 0 Å². The zero-order chi connectivity index (χ0) is 22.9. The molecule has 2 rings (SSSR count).